The van der Waals surface area contributed by atoms with E-state index < -0.39 is 0 Å². The van der Waals surface area contributed by atoms with E-state index in [1.165, 1.54) is 4.90 Å². The van der Waals surface area contributed by atoms with Crippen LogP contribution >= 0.6 is 11.8 Å². The number of pyridine rings is 1. The van der Waals surface area contributed by atoms with Gasteiger partial charge < -0.3 is 4.40 Å². The molecule has 0 N–H and O–H groups in total. The van der Waals surface area contributed by atoms with E-state index >= 15 is 0 Å². The van der Waals surface area contributed by atoms with Crippen molar-refractivity contribution in [1.29, 1.82) is 0 Å². The summed E-state index contributed by atoms with van der Waals surface area (Å²) in [5.74, 6) is 0. The molecule has 0 amide bonds. The van der Waals surface area contributed by atoms with Gasteiger partial charge in [-0.05, 0) is 48.6 Å². The fourth-order valence-electron chi connectivity index (χ4n) is 2.42. The maximum atomic E-state index is 11.5. The second-order valence-corrected chi connectivity index (χ2v) is 5.67. The lowest BCUT2D eigenvalue weighted by atomic mass is 10.1. The lowest BCUT2D eigenvalue weighted by Gasteiger charge is -2.02. The van der Waals surface area contributed by atoms with E-state index in [2.05, 4.69) is 42.7 Å². The molecule has 0 aliphatic rings. The lowest BCUT2D eigenvalue weighted by molar-refractivity contribution is 0.111. The first-order valence-corrected chi connectivity index (χ1v) is 7.66. The molecular weight excluding hydrogens is 266 g/mol. The summed E-state index contributed by atoms with van der Waals surface area (Å²) in [6.45, 7) is 2.03. The fraction of sp³-hybridized carbons (Fsp3) is 0.118. The Balaban J connectivity index is 2.21. The zero-order valence-electron chi connectivity index (χ0n) is 11.5. The first kappa shape index (κ1) is 13.0. The zero-order chi connectivity index (χ0) is 14.1. The summed E-state index contributed by atoms with van der Waals surface area (Å²) >= 11 is 1.71. The molecule has 100 valence electrons. The predicted molar refractivity (Wildman–Crippen MR) is 84.7 cm³/mol. The molecule has 0 saturated heterocycles. The molecule has 3 rings (SSSR count). The standard InChI is InChI=1S/C17H15NOS/c1-12-3-6-14-9-16(17(11-19)18(14)10-12)13-4-7-15(20-2)8-5-13/h3-11H,1-2H3. The van der Waals surface area contributed by atoms with Crippen LogP contribution in [0.5, 0.6) is 0 Å². The molecule has 2 aromatic heterocycles. The summed E-state index contributed by atoms with van der Waals surface area (Å²) in [6.07, 6.45) is 4.99. The Kier molecular flexibility index (Phi) is 3.36. The highest BCUT2D eigenvalue weighted by atomic mass is 32.2. The van der Waals surface area contributed by atoms with Gasteiger partial charge in [0.2, 0.25) is 0 Å². The molecule has 0 aliphatic carbocycles. The minimum absolute atomic E-state index is 0.709. The molecule has 0 radical (unpaired) electrons. The first-order chi connectivity index (χ1) is 9.72. The summed E-state index contributed by atoms with van der Waals surface area (Å²) in [5, 5.41) is 0. The SMILES string of the molecule is CSc1ccc(-c2cc3ccc(C)cn3c2C=O)cc1. The topological polar surface area (TPSA) is 21.5 Å². The van der Waals surface area contributed by atoms with Crippen LogP contribution in [0.1, 0.15) is 16.1 Å². The molecule has 0 aliphatic heterocycles. The lowest BCUT2D eigenvalue weighted by Crippen LogP contribution is -1.93. The second kappa shape index (κ2) is 5.17. The van der Waals surface area contributed by atoms with Gasteiger partial charge in [-0.2, -0.15) is 0 Å². The van der Waals surface area contributed by atoms with Crippen LogP contribution in [0.2, 0.25) is 0 Å². The van der Waals surface area contributed by atoms with Gasteiger partial charge in [0.15, 0.2) is 6.29 Å². The average molecular weight is 281 g/mol. The van der Waals surface area contributed by atoms with Crippen LogP contribution in [0.3, 0.4) is 0 Å². The smallest absolute Gasteiger partial charge is 0.167 e. The van der Waals surface area contributed by atoms with Gasteiger partial charge in [0.05, 0.1) is 5.69 Å². The molecule has 2 heterocycles. The molecule has 20 heavy (non-hydrogen) atoms. The number of nitrogens with zero attached hydrogens (tertiary/aromatic N) is 1. The van der Waals surface area contributed by atoms with Gasteiger partial charge in [0.25, 0.3) is 0 Å². The number of benzene rings is 1. The van der Waals surface area contributed by atoms with Crippen LogP contribution in [-0.2, 0) is 0 Å². The number of carbonyl (C=O) groups is 1. The number of aryl methyl sites for hydroxylation is 1. The Labute approximate surface area is 122 Å². The van der Waals surface area contributed by atoms with Crippen molar-refractivity contribution in [3.63, 3.8) is 0 Å². The third-order valence-corrected chi connectivity index (χ3v) is 4.21. The highest BCUT2D eigenvalue weighted by Gasteiger charge is 2.11. The Morgan fingerprint density at radius 2 is 1.85 bits per heavy atom. The minimum Gasteiger partial charge on any atom is -0.313 e. The summed E-state index contributed by atoms with van der Waals surface area (Å²) in [6, 6.07) is 14.5. The molecule has 0 bridgehead atoms. The van der Waals surface area contributed by atoms with Gasteiger partial charge in [-0.15, -0.1) is 11.8 Å². The summed E-state index contributed by atoms with van der Waals surface area (Å²) in [7, 11) is 0. The fourth-order valence-corrected chi connectivity index (χ4v) is 2.83. The molecule has 3 aromatic rings. The number of fused-ring (bicyclic) bond motifs is 1. The minimum atomic E-state index is 0.709. The largest absolute Gasteiger partial charge is 0.313 e. The highest BCUT2D eigenvalue weighted by molar-refractivity contribution is 7.98. The second-order valence-electron chi connectivity index (χ2n) is 4.79. The monoisotopic (exact) mass is 281 g/mol. The molecule has 2 nitrogen and oxygen atoms in total. The van der Waals surface area contributed by atoms with Crippen LogP contribution in [0, 0.1) is 6.92 Å². The van der Waals surface area contributed by atoms with E-state index in [4.69, 9.17) is 0 Å². The van der Waals surface area contributed by atoms with E-state index in [-0.39, 0.29) is 0 Å². The van der Waals surface area contributed by atoms with Crippen LogP contribution in [0.15, 0.2) is 53.6 Å². The summed E-state index contributed by atoms with van der Waals surface area (Å²) in [5.41, 5.74) is 4.95. The number of aromatic nitrogens is 1. The number of rotatable bonds is 3. The predicted octanol–water partition coefficient (Wildman–Crippen LogP) is 4.45. The quantitative estimate of drug-likeness (QED) is 0.522. The highest BCUT2D eigenvalue weighted by Crippen LogP contribution is 2.28. The van der Waals surface area contributed by atoms with Gasteiger partial charge in [-0.25, -0.2) is 0 Å². The average Bonchev–Trinajstić information content (AvgIpc) is 2.85. The van der Waals surface area contributed by atoms with Gasteiger partial charge in [-0.3, -0.25) is 4.79 Å². The van der Waals surface area contributed by atoms with Crippen molar-refractivity contribution in [2.45, 2.75) is 11.8 Å². The van der Waals surface area contributed by atoms with Gasteiger partial charge >= 0.3 is 0 Å². The Morgan fingerprint density at radius 3 is 2.50 bits per heavy atom. The van der Waals surface area contributed by atoms with E-state index in [9.17, 15) is 4.79 Å². The van der Waals surface area contributed by atoms with Crippen molar-refractivity contribution in [1.82, 2.24) is 4.40 Å². The maximum Gasteiger partial charge on any atom is 0.167 e. The molecular formula is C17H15NOS. The van der Waals surface area contributed by atoms with Crippen molar-refractivity contribution in [2.24, 2.45) is 0 Å². The zero-order valence-corrected chi connectivity index (χ0v) is 12.3. The molecule has 0 fully saturated rings. The van der Waals surface area contributed by atoms with E-state index in [1.54, 1.807) is 11.8 Å². The normalized spacial score (nSPS) is 10.9. The first-order valence-electron chi connectivity index (χ1n) is 6.44. The Bertz CT molecular complexity index is 772. The van der Waals surface area contributed by atoms with Crippen molar-refractivity contribution >= 4 is 23.6 Å². The van der Waals surface area contributed by atoms with E-state index in [0.717, 1.165) is 28.5 Å². The van der Waals surface area contributed by atoms with Crippen molar-refractivity contribution in [3.8, 4) is 11.1 Å². The summed E-state index contributed by atoms with van der Waals surface area (Å²) in [4.78, 5) is 12.7. The van der Waals surface area contributed by atoms with Crippen molar-refractivity contribution < 1.29 is 4.79 Å². The van der Waals surface area contributed by atoms with Crippen LogP contribution in [-0.4, -0.2) is 16.9 Å². The third-order valence-electron chi connectivity index (χ3n) is 3.47. The van der Waals surface area contributed by atoms with Crippen LogP contribution in [0.4, 0.5) is 0 Å². The molecule has 1 aromatic carbocycles. The molecule has 0 unspecified atom stereocenters. The number of aldehydes is 1. The van der Waals surface area contributed by atoms with Crippen molar-refractivity contribution in [3.05, 3.63) is 59.9 Å². The molecule has 3 heteroatoms. The Hall–Kier alpha value is -2.00. The van der Waals surface area contributed by atoms with Gasteiger partial charge in [0, 0.05) is 22.2 Å². The van der Waals surface area contributed by atoms with E-state index in [0.29, 0.717) is 5.69 Å². The number of thioether (sulfide) groups is 1. The van der Waals surface area contributed by atoms with Gasteiger partial charge in [-0.1, -0.05) is 18.2 Å². The maximum absolute atomic E-state index is 11.5. The number of hydrogen-bond acceptors (Lipinski definition) is 2. The number of hydrogen-bond donors (Lipinski definition) is 0. The van der Waals surface area contributed by atoms with Crippen LogP contribution in [0.25, 0.3) is 16.6 Å². The Morgan fingerprint density at radius 1 is 1.10 bits per heavy atom. The molecule has 0 spiro atoms. The van der Waals surface area contributed by atoms with Gasteiger partial charge in [0.1, 0.15) is 0 Å². The summed E-state index contributed by atoms with van der Waals surface area (Å²) < 4.78 is 1.96. The molecule has 0 saturated carbocycles. The van der Waals surface area contributed by atoms with E-state index in [1.807, 2.05) is 23.6 Å². The van der Waals surface area contributed by atoms with Crippen LogP contribution < -0.4 is 0 Å². The third kappa shape index (κ3) is 2.14. The van der Waals surface area contributed by atoms with Crippen molar-refractivity contribution in [2.75, 3.05) is 6.26 Å². The number of carbonyl (C=O) groups excluding carboxylic acids is 1. The molecule has 0 atom stereocenters.